The Morgan fingerprint density at radius 3 is 1.48 bits per heavy atom. The second kappa shape index (κ2) is 20.0. The van der Waals surface area contributed by atoms with Crippen LogP contribution in [0.3, 0.4) is 0 Å². The molecule has 4 heteroatoms. The molecule has 3 aromatic heterocycles. The van der Waals surface area contributed by atoms with Crippen LogP contribution in [-0.2, 0) is 16.2 Å². The summed E-state index contributed by atoms with van der Waals surface area (Å²) in [5.41, 5.74) is 10.7. The van der Waals surface area contributed by atoms with Crippen LogP contribution < -0.4 is 0 Å². The van der Waals surface area contributed by atoms with E-state index in [2.05, 4.69) is 220 Å². The highest BCUT2D eigenvalue weighted by atomic mass is 32.1. The van der Waals surface area contributed by atoms with Crippen molar-refractivity contribution in [2.24, 2.45) is 0 Å². The highest BCUT2D eigenvalue weighted by Crippen LogP contribution is 2.30. The molecular formula is C50H75N3S. The first-order valence-electron chi connectivity index (χ1n) is 20.3. The Hall–Kier alpha value is -3.37. The number of thiazole rings is 1. The van der Waals surface area contributed by atoms with Crippen molar-refractivity contribution in [3.05, 3.63) is 123 Å². The molecule has 0 N–H and O–H groups in total. The first kappa shape index (κ1) is 46.8. The molecule has 0 unspecified atom stereocenters. The summed E-state index contributed by atoms with van der Waals surface area (Å²) in [6, 6.07) is 26.0. The van der Waals surface area contributed by atoms with Gasteiger partial charge in [-0.3, -0.25) is 9.97 Å². The molecule has 0 aliphatic carbocycles. The zero-order valence-corrected chi connectivity index (χ0v) is 38.5. The Morgan fingerprint density at radius 1 is 0.463 bits per heavy atom. The summed E-state index contributed by atoms with van der Waals surface area (Å²) in [6.07, 6.45) is 0. The molecule has 0 saturated carbocycles. The average Bonchev–Trinajstić information content (AvgIpc) is 3.59. The molecule has 2 aromatic carbocycles. The minimum atomic E-state index is 0.141. The van der Waals surface area contributed by atoms with Crippen molar-refractivity contribution in [1.82, 2.24) is 15.0 Å². The molecule has 0 spiro atoms. The lowest BCUT2D eigenvalue weighted by molar-refractivity contribution is 0.563. The summed E-state index contributed by atoms with van der Waals surface area (Å²) in [5.74, 6) is 2.77. The zero-order valence-electron chi connectivity index (χ0n) is 37.6. The lowest BCUT2D eigenvalue weighted by atomic mass is 9.85. The minimum absolute atomic E-state index is 0.141. The molecule has 296 valence electrons. The van der Waals surface area contributed by atoms with Crippen LogP contribution in [0.2, 0.25) is 0 Å². The van der Waals surface area contributed by atoms with E-state index >= 15 is 0 Å². The van der Waals surface area contributed by atoms with Gasteiger partial charge >= 0.3 is 0 Å². The number of hydrogen-bond acceptors (Lipinski definition) is 4. The van der Waals surface area contributed by atoms with Gasteiger partial charge in [0.2, 0.25) is 0 Å². The summed E-state index contributed by atoms with van der Waals surface area (Å²) in [5, 5.41) is 4.66. The molecule has 54 heavy (non-hydrogen) atoms. The third-order valence-corrected chi connectivity index (χ3v) is 10.5. The average molecular weight is 750 g/mol. The number of aromatic nitrogens is 3. The number of pyridine rings is 2. The van der Waals surface area contributed by atoms with Gasteiger partial charge in [-0.25, -0.2) is 4.98 Å². The van der Waals surface area contributed by atoms with Gasteiger partial charge in [-0.1, -0.05) is 186 Å². The van der Waals surface area contributed by atoms with Crippen LogP contribution >= 0.6 is 11.3 Å². The maximum Gasteiger partial charge on any atom is 0.0953 e. The fourth-order valence-electron chi connectivity index (χ4n) is 5.47. The van der Waals surface area contributed by atoms with E-state index in [-0.39, 0.29) is 16.2 Å². The fraction of sp³-hybridized carbons (Fsp3) is 0.540. The largest absolute Gasteiger partial charge is 0.257 e. The second-order valence-corrected chi connectivity index (χ2v) is 20.2. The summed E-state index contributed by atoms with van der Waals surface area (Å²) < 4.78 is 0. The van der Waals surface area contributed by atoms with Crippen LogP contribution in [0.15, 0.2) is 78.2 Å². The molecule has 0 bridgehead atoms. The Balaban J connectivity index is 0.000000252. The van der Waals surface area contributed by atoms with Gasteiger partial charge in [-0.05, 0) is 69.4 Å². The van der Waals surface area contributed by atoms with Gasteiger partial charge < -0.3 is 0 Å². The smallest absolute Gasteiger partial charge is 0.0953 e. The maximum absolute atomic E-state index is 4.84. The predicted octanol–water partition coefficient (Wildman–Crippen LogP) is 15.7. The van der Waals surface area contributed by atoms with Crippen molar-refractivity contribution in [1.29, 1.82) is 0 Å². The van der Waals surface area contributed by atoms with Gasteiger partial charge in [0, 0.05) is 39.2 Å². The van der Waals surface area contributed by atoms with Crippen LogP contribution in [0, 0.1) is 0 Å². The topological polar surface area (TPSA) is 38.7 Å². The maximum atomic E-state index is 4.84. The Labute approximate surface area is 335 Å². The van der Waals surface area contributed by atoms with E-state index in [1.807, 2.05) is 0 Å². The van der Waals surface area contributed by atoms with E-state index in [4.69, 9.17) is 4.98 Å². The minimum Gasteiger partial charge on any atom is -0.257 e. The van der Waals surface area contributed by atoms with Crippen molar-refractivity contribution >= 4 is 22.2 Å². The lowest BCUT2D eigenvalue weighted by Crippen LogP contribution is -2.14. The number of para-hydroxylation sites is 1. The summed E-state index contributed by atoms with van der Waals surface area (Å²) >= 11 is 1.77. The molecule has 5 rings (SSSR count). The Morgan fingerprint density at radius 2 is 1.02 bits per heavy atom. The van der Waals surface area contributed by atoms with E-state index in [0.29, 0.717) is 29.6 Å². The van der Waals surface area contributed by atoms with E-state index in [1.54, 1.807) is 11.3 Å². The Bertz CT molecular complexity index is 1770. The zero-order chi connectivity index (χ0) is 41.2. The van der Waals surface area contributed by atoms with Crippen molar-refractivity contribution in [2.45, 2.75) is 177 Å². The number of nitrogens with zero attached hydrogens (tertiary/aromatic N) is 3. The normalized spacial score (nSPS) is 12.1. The summed E-state index contributed by atoms with van der Waals surface area (Å²) in [6.45, 7) is 42.0. The standard InChI is InChI=1S/C16H21N.C13H20.C12H19N.C9H15NS/c1-11(2)14-10-9-12-7-6-8-13(15(12)17-14)16(3,4)5;1-10(2)11-7-6-8-12(9-11)13(3,4)5;1-9(2)10-7-6-8-11(13-10)12(3,4)5;1-6(2)8-5-11-9(10-8)7(3)4/h6-11H,1-5H3;6-10H,1-5H3;6-9H,1-5H3;5-7H,1-4H3. The monoisotopic (exact) mass is 750 g/mol. The fourth-order valence-corrected chi connectivity index (χ4v) is 6.47. The third-order valence-electron chi connectivity index (χ3n) is 9.32. The van der Waals surface area contributed by atoms with Crippen LogP contribution in [0.4, 0.5) is 0 Å². The van der Waals surface area contributed by atoms with Gasteiger partial charge in [0.05, 0.1) is 16.2 Å². The van der Waals surface area contributed by atoms with Crippen molar-refractivity contribution in [3.63, 3.8) is 0 Å². The van der Waals surface area contributed by atoms with Crippen LogP contribution in [0.1, 0.15) is 206 Å². The first-order chi connectivity index (χ1) is 24.8. The molecule has 0 amide bonds. The quantitative estimate of drug-likeness (QED) is 0.180. The molecule has 0 aliphatic rings. The SMILES string of the molecule is CC(C)c1ccc2cccc(C(C)(C)C)c2n1.CC(C)c1cccc(C(C)(C)C)c1.CC(C)c1cccc(C(C)(C)C)n1.CC(C)c1csc(C(C)C)n1. The van der Waals surface area contributed by atoms with Gasteiger partial charge in [-0.15, -0.1) is 11.3 Å². The molecule has 0 radical (unpaired) electrons. The van der Waals surface area contributed by atoms with Crippen molar-refractivity contribution < 1.29 is 0 Å². The molecule has 0 saturated heterocycles. The van der Waals surface area contributed by atoms with Gasteiger partial charge in [0.15, 0.2) is 0 Å². The predicted molar refractivity (Wildman–Crippen MR) is 241 cm³/mol. The summed E-state index contributed by atoms with van der Waals surface area (Å²) in [7, 11) is 0. The summed E-state index contributed by atoms with van der Waals surface area (Å²) in [4.78, 5) is 14.0. The number of rotatable bonds is 5. The van der Waals surface area contributed by atoms with Gasteiger partial charge in [-0.2, -0.15) is 0 Å². The second-order valence-electron chi connectivity index (χ2n) is 19.3. The highest BCUT2D eigenvalue weighted by Gasteiger charge is 2.19. The van der Waals surface area contributed by atoms with Gasteiger partial charge in [0.1, 0.15) is 0 Å². The first-order valence-corrected chi connectivity index (χ1v) is 21.1. The molecule has 3 nitrogen and oxygen atoms in total. The molecule has 3 heterocycles. The van der Waals surface area contributed by atoms with Crippen LogP contribution in [0.25, 0.3) is 10.9 Å². The number of benzene rings is 2. The molecule has 0 atom stereocenters. The van der Waals surface area contributed by atoms with Crippen LogP contribution in [0.5, 0.6) is 0 Å². The molecule has 5 aromatic rings. The van der Waals surface area contributed by atoms with Crippen molar-refractivity contribution in [2.75, 3.05) is 0 Å². The van der Waals surface area contributed by atoms with E-state index in [0.717, 1.165) is 5.52 Å². The van der Waals surface area contributed by atoms with Crippen molar-refractivity contribution in [3.8, 4) is 0 Å². The van der Waals surface area contributed by atoms with E-state index in [9.17, 15) is 0 Å². The number of hydrogen-bond donors (Lipinski definition) is 0. The van der Waals surface area contributed by atoms with Crippen LogP contribution in [-0.4, -0.2) is 15.0 Å². The third kappa shape index (κ3) is 14.7. The van der Waals surface area contributed by atoms with E-state index < -0.39 is 0 Å². The van der Waals surface area contributed by atoms with Gasteiger partial charge in [0.25, 0.3) is 0 Å². The highest BCUT2D eigenvalue weighted by molar-refractivity contribution is 7.09. The van der Waals surface area contributed by atoms with E-state index in [1.165, 1.54) is 49.9 Å². The molecular weight excluding hydrogens is 675 g/mol. The number of fused-ring (bicyclic) bond motifs is 1. The molecule has 0 fully saturated rings. The lowest BCUT2D eigenvalue weighted by Gasteiger charge is -2.21. The molecule has 0 aliphatic heterocycles. The Kier molecular flexibility index (Phi) is 17.3.